The second-order valence-corrected chi connectivity index (χ2v) is 2.30. The third kappa shape index (κ3) is 3.58. The quantitative estimate of drug-likeness (QED) is 0.316. The van der Waals surface area contributed by atoms with Gasteiger partial charge in [-0.05, 0) is 5.92 Å². The average molecular weight is 128 g/mol. The number of allylic oxidation sites excluding steroid dienone is 1. The molecule has 0 bridgehead atoms. The summed E-state index contributed by atoms with van der Waals surface area (Å²) in [6.45, 7) is 3.96. The van der Waals surface area contributed by atoms with Crippen molar-refractivity contribution >= 4 is 5.84 Å². The van der Waals surface area contributed by atoms with Crippen molar-refractivity contribution in [3.63, 3.8) is 0 Å². The Morgan fingerprint density at radius 3 is 2.00 bits per heavy atom. The van der Waals surface area contributed by atoms with Gasteiger partial charge in [0, 0.05) is 11.8 Å². The lowest BCUT2D eigenvalue weighted by Crippen LogP contribution is -2.44. The van der Waals surface area contributed by atoms with Crippen LogP contribution in [0.2, 0.25) is 0 Å². The molecule has 0 aromatic heterocycles. The van der Waals surface area contributed by atoms with Gasteiger partial charge in [-0.15, -0.1) is 0 Å². The summed E-state index contributed by atoms with van der Waals surface area (Å²) >= 11 is 0. The van der Waals surface area contributed by atoms with Crippen LogP contribution in [-0.2, 0) is 0 Å². The first kappa shape index (κ1) is 8.01. The lowest BCUT2D eigenvalue weighted by molar-refractivity contribution is -0.113. The molecule has 0 spiro atoms. The van der Waals surface area contributed by atoms with E-state index in [0.29, 0.717) is 5.92 Å². The molecule has 0 amide bonds. The SMILES string of the molecule is CC(C)/C(N)=C/C(N)=[NH2+]. The third-order valence-corrected chi connectivity index (χ3v) is 1.00. The average Bonchev–Trinajstić information content (AvgIpc) is 1.63. The van der Waals surface area contributed by atoms with E-state index in [9.17, 15) is 0 Å². The van der Waals surface area contributed by atoms with Crippen LogP contribution in [0.1, 0.15) is 13.8 Å². The summed E-state index contributed by atoms with van der Waals surface area (Å²) in [4.78, 5) is 0. The molecule has 0 aliphatic rings. The Hall–Kier alpha value is -0.990. The highest BCUT2D eigenvalue weighted by atomic mass is 14.7. The standard InChI is InChI=1S/C6H13N3/c1-4(2)5(7)3-6(8)9/h3-4H,7H2,1-2H3,(H3,8,9)/p+1/b5-3-. The molecule has 0 unspecified atom stereocenters. The van der Waals surface area contributed by atoms with Crippen LogP contribution in [0.5, 0.6) is 0 Å². The van der Waals surface area contributed by atoms with E-state index >= 15 is 0 Å². The van der Waals surface area contributed by atoms with Gasteiger partial charge in [0.25, 0.3) is 5.84 Å². The molecule has 0 aromatic carbocycles. The van der Waals surface area contributed by atoms with Crippen LogP contribution in [0, 0.1) is 5.92 Å². The van der Waals surface area contributed by atoms with Gasteiger partial charge in [0.05, 0.1) is 0 Å². The minimum absolute atomic E-state index is 0.265. The van der Waals surface area contributed by atoms with Crippen molar-refractivity contribution in [1.82, 2.24) is 0 Å². The highest BCUT2D eigenvalue weighted by molar-refractivity contribution is 5.86. The number of amidine groups is 1. The molecule has 0 aliphatic carbocycles. The number of nitrogens with two attached hydrogens (primary N) is 3. The molecule has 0 aromatic rings. The Kier molecular flexibility index (Phi) is 2.78. The zero-order chi connectivity index (χ0) is 7.44. The fraction of sp³-hybridized carbons (Fsp3) is 0.500. The Bertz CT molecular complexity index is 135. The Morgan fingerprint density at radius 1 is 1.44 bits per heavy atom. The second-order valence-electron chi connectivity index (χ2n) is 2.30. The lowest BCUT2D eigenvalue weighted by atomic mass is 10.1. The summed E-state index contributed by atoms with van der Waals surface area (Å²) in [6.07, 6.45) is 1.57. The maximum atomic E-state index is 5.50. The molecule has 0 atom stereocenters. The number of rotatable bonds is 2. The molecular weight excluding hydrogens is 114 g/mol. The van der Waals surface area contributed by atoms with E-state index in [1.807, 2.05) is 13.8 Å². The van der Waals surface area contributed by atoms with Crippen LogP contribution in [-0.4, -0.2) is 5.84 Å². The van der Waals surface area contributed by atoms with Gasteiger partial charge in [0.15, 0.2) is 0 Å². The molecule has 3 heteroatoms. The van der Waals surface area contributed by atoms with E-state index in [1.54, 1.807) is 6.08 Å². The first-order valence-corrected chi connectivity index (χ1v) is 2.89. The summed E-state index contributed by atoms with van der Waals surface area (Å²) in [5.74, 6) is 0.577. The fourth-order valence-electron chi connectivity index (χ4n) is 0.359. The van der Waals surface area contributed by atoms with Crippen molar-refractivity contribution < 1.29 is 5.41 Å². The molecule has 0 rings (SSSR count). The molecule has 0 fully saturated rings. The van der Waals surface area contributed by atoms with Crippen LogP contribution in [0.4, 0.5) is 0 Å². The van der Waals surface area contributed by atoms with E-state index in [-0.39, 0.29) is 5.84 Å². The normalized spacial score (nSPS) is 12.1. The minimum Gasteiger partial charge on any atom is -0.402 e. The minimum atomic E-state index is 0.265. The van der Waals surface area contributed by atoms with Crippen LogP contribution in [0.15, 0.2) is 11.8 Å². The Balaban J connectivity index is 4.00. The van der Waals surface area contributed by atoms with Crippen molar-refractivity contribution in [3.8, 4) is 0 Å². The molecule has 52 valence electrons. The Morgan fingerprint density at radius 2 is 1.89 bits per heavy atom. The van der Waals surface area contributed by atoms with Gasteiger partial charge in [-0.25, -0.2) is 0 Å². The Labute approximate surface area is 55.2 Å². The van der Waals surface area contributed by atoms with E-state index in [0.717, 1.165) is 5.70 Å². The van der Waals surface area contributed by atoms with E-state index in [1.165, 1.54) is 0 Å². The summed E-state index contributed by atoms with van der Waals surface area (Å²) in [5.41, 5.74) is 11.4. The van der Waals surface area contributed by atoms with E-state index in [4.69, 9.17) is 16.9 Å². The van der Waals surface area contributed by atoms with Gasteiger partial charge < -0.3 is 5.73 Å². The van der Waals surface area contributed by atoms with Gasteiger partial charge >= 0.3 is 0 Å². The van der Waals surface area contributed by atoms with Crippen molar-refractivity contribution in [2.24, 2.45) is 17.4 Å². The van der Waals surface area contributed by atoms with Crippen LogP contribution < -0.4 is 16.9 Å². The monoisotopic (exact) mass is 128 g/mol. The van der Waals surface area contributed by atoms with Crippen molar-refractivity contribution in [2.45, 2.75) is 13.8 Å². The molecule has 0 aliphatic heterocycles. The van der Waals surface area contributed by atoms with Crippen LogP contribution >= 0.6 is 0 Å². The molecule has 6 N–H and O–H groups in total. The van der Waals surface area contributed by atoms with Crippen LogP contribution in [0.25, 0.3) is 0 Å². The van der Waals surface area contributed by atoms with Crippen molar-refractivity contribution in [1.29, 1.82) is 0 Å². The molecule has 0 saturated heterocycles. The molecule has 9 heavy (non-hydrogen) atoms. The zero-order valence-corrected chi connectivity index (χ0v) is 5.89. The molecule has 0 saturated carbocycles. The van der Waals surface area contributed by atoms with Gasteiger partial charge in [-0.3, -0.25) is 11.1 Å². The first-order valence-electron chi connectivity index (χ1n) is 2.89. The summed E-state index contributed by atoms with van der Waals surface area (Å²) in [5, 5.41) is 5.17. The van der Waals surface area contributed by atoms with E-state index in [2.05, 4.69) is 0 Å². The van der Waals surface area contributed by atoms with E-state index < -0.39 is 0 Å². The highest BCUT2D eigenvalue weighted by Gasteiger charge is 1.97. The van der Waals surface area contributed by atoms with Gasteiger partial charge in [0.2, 0.25) is 0 Å². The zero-order valence-electron chi connectivity index (χ0n) is 5.89. The smallest absolute Gasteiger partial charge is 0.265 e. The topological polar surface area (TPSA) is 77.6 Å². The van der Waals surface area contributed by atoms with Crippen LogP contribution in [0.3, 0.4) is 0 Å². The lowest BCUT2D eigenvalue weighted by Gasteiger charge is -2.01. The third-order valence-electron chi connectivity index (χ3n) is 1.00. The summed E-state index contributed by atoms with van der Waals surface area (Å²) < 4.78 is 0. The molecule has 0 heterocycles. The number of hydrogen-bond acceptors (Lipinski definition) is 1. The molecule has 0 radical (unpaired) electrons. The van der Waals surface area contributed by atoms with Gasteiger partial charge in [-0.2, -0.15) is 0 Å². The second kappa shape index (κ2) is 3.12. The molecule has 3 nitrogen and oxygen atoms in total. The fourth-order valence-corrected chi connectivity index (χ4v) is 0.359. The van der Waals surface area contributed by atoms with Gasteiger partial charge in [-0.1, -0.05) is 13.8 Å². The predicted molar refractivity (Wildman–Crippen MR) is 38.2 cm³/mol. The molecular formula is C6H14N3+. The highest BCUT2D eigenvalue weighted by Crippen LogP contribution is 1.99. The number of hydrogen-bond donors (Lipinski definition) is 3. The van der Waals surface area contributed by atoms with Crippen molar-refractivity contribution in [2.75, 3.05) is 0 Å². The maximum Gasteiger partial charge on any atom is 0.265 e. The largest absolute Gasteiger partial charge is 0.402 e. The first-order chi connectivity index (χ1) is 4.04. The predicted octanol–water partition coefficient (Wildman–Crippen LogP) is -1.40. The van der Waals surface area contributed by atoms with Gasteiger partial charge in [0.1, 0.15) is 0 Å². The van der Waals surface area contributed by atoms with Crippen molar-refractivity contribution in [3.05, 3.63) is 11.8 Å². The summed E-state index contributed by atoms with van der Waals surface area (Å²) in [6, 6.07) is 0. The summed E-state index contributed by atoms with van der Waals surface area (Å²) in [7, 11) is 0. The maximum absolute atomic E-state index is 5.50.